The predicted molar refractivity (Wildman–Crippen MR) is 79.9 cm³/mol. The molecule has 0 saturated carbocycles. The number of para-hydroxylation sites is 1. The van der Waals surface area contributed by atoms with Crippen LogP contribution in [0.1, 0.15) is 18.2 Å². The lowest BCUT2D eigenvalue weighted by Gasteiger charge is -2.11. The Hall–Kier alpha value is -1.71. The van der Waals surface area contributed by atoms with Crippen LogP contribution in [-0.2, 0) is 13.0 Å². The lowest BCUT2D eigenvalue weighted by molar-refractivity contribution is 0.456. The van der Waals surface area contributed by atoms with E-state index in [0.29, 0.717) is 17.8 Å². The van der Waals surface area contributed by atoms with Crippen molar-refractivity contribution >= 4 is 22.6 Å². The molecule has 2 heterocycles. The van der Waals surface area contributed by atoms with Crippen molar-refractivity contribution in [1.82, 2.24) is 5.32 Å². The van der Waals surface area contributed by atoms with E-state index in [0.717, 1.165) is 28.7 Å². The Morgan fingerprint density at radius 1 is 1.20 bits per heavy atom. The van der Waals surface area contributed by atoms with Gasteiger partial charge in [0, 0.05) is 30.0 Å². The molecule has 3 aromatic rings. The molecule has 0 aliphatic heterocycles. The normalized spacial score (nSPS) is 12.9. The van der Waals surface area contributed by atoms with Crippen LogP contribution in [0.25, 0.3) is 11.0 Å². The van der Waals surface area contributed by atoms with Crippen LogP contribution in [0.3, 0.4) is 0 Å². The first-order chi connectivity index (χ1) is 9.74. The first-order valence-corrected chi connectivity index (χ1v) is 7.03. The maximum Gasteiger partial charge on any atom is 0.199 e. The molecular weight excluding hydrogens is 274 g/mol. The van der Waals surface area contributed by atoms with Gasteiger partial charge < -0.3 is 14.2 Å². The minimum atomic E-state index is 0.297. The molecule has 4 heteroatoms. The molecule has 20 heavy (non-hydrogen) atoms. The molecule has 0 bridgehead atoms. The van der Waals surface area contributed by atoms with Crippen LogP contribution in [0.4, 0.5) is 0 Å². The highest BCUT2D eigenvalue weighted by atomic mass is 35.5. The Labute approximate surface area is 122 Å². The third-order valence-corrected chi connectivity index (χ3v) is 3.67. The second-order valence-electron chi connectivity index (χ2n) is 4.92. The van der Waals surface area contributed by atoms with E-state index in [1.165, 1.54) is 0 Å². The molecule has 0 radical (unpaired) electrons. The van der Waals surface area contributed by atoms with Crippen LogP contribution in [-0.4, -0.2) is 6.04 Å². The number of benzene rings is 1. The van der Waals surface area contributed by atoms with Gasteiger partial charge in [-0.2, -0.15) is 0 Å². The molecule has 1 atom stereocenters. The van der Waals surface area contributed by atoms with E-state index in [9.17, 15) is 0 Å². The van der Waals surface area contributed by atoms with Gasteiger partial charge in [0.05, 0.1) is 6.26 Å². The van der Waals surface area contributed by atoms with Crippen molar-refractivity contribution in [2.75, 3.05) is 0 Å². The zero-order valence-corrected chi connectivity index (χ0v) is 12.0. The molecule has 1 aromatic carbocycles. The number of rotatable bonds is 5. The maximum absolute atomic E-state index is 6.17. The van der Waals surface area contributed by atoms with Gasteiger partial charge in [0.2, 0.25) is 0 Å². The Bertz CT molecular complexity index is 688. The smallest absolute Gasteiger partial charge is 0.199 e. The second kappa shape index (κ2) is 5.73. The molecule has 1 unspecified atom stereocenters. The van der Waals surface area contributed by atoms with Gasteiger partial charge in [0.1, 0.15) is 11.3 Å². The number of hydrogen-bond acceptors (Lipinski definition) is 3. The number of fused-ring (bicyclic) bond motifs is 1. The Morgan fingerprint density at radius 3 is 2.85 bits per heavy atom. The molecule has 0 amide bonds. The topological polar surface area (TPSA) is 38.3 Å². The maximum atomic E-state index is 6.17. The van der Waals surface area contributed by atoms with Crippen LogP contribution in [0.15, 0.2) is 51.5 Å². The zero-order chi connectivity index (χ0) is 13.9. The van der Waals surface area contributed by atoms with Gasteiger partial charge in [-0.05, 0) is 36.7 Å². The second-order valence-corrected chi connectivity index (χ2v) is 5.26. The number of hydrogen-bond donors (Lipinski definition) is 1. The quantitative estimate of drug-likeness (QED) is 0.756. The molecule has 0 fully saturated rings. The summed E-state index contributed by atoms with van der Waals surface area (Å²) in [6.07, 6.45) is 2.54. The summed E-state index contributed by atoms with van der Waals surface area (Å²) in [6.45, 7) is 2.80. The van der Waals surface area contributed by atoms with Crippen molar-refractivity contribution in [3.63, 3.8) is 0 Å². The minimum Gasteiger partial charge on any atom is -0.469 e. The van der Waals surface area contributed by atoms with Crippen molar-refractivity contribution < 1.29 is 8.83 Å². The third kappa shape index (κ3) is 2.74. The SMILES string of the molecule is CC(Cc1ccco1)NCc1c(Cl)oc2ccccc12. The molecule has 3 nitrogen and oxygen atoms in total. The van der Waals surface area contributed by atoms with Gasteiger partial charge >= 0.3 is 0 Å². The molecule has 0 aliphatic carbocycles. The van der Waals surface area contributed by atoms with E-state index in [-0.39, 0.29) is 0 Å². The average molecular weight is 290 g/mol. The summed E-state index contributed by atoms with van der Waals surface area (Å²) in [5.41, 5.74) is 1.83. The molecule has 0 aliphatic rings. The molecule has 0 spiro atoms. The standard InChI is InChI=1S/C16H16ClNO2/c1-11(9-12-5-4-8-19-12)18-10-14-13-6-2-3-7-15(13)20-16(14)17/h2-8,11,18H,9-10H2,1H3. The first kappa shape index (κ1) is 13.3. The summed E-state index contributed by atoms with van der Waals surface area (Å²) in [4.78, 5) is 0. The Kier molecular flexibility index (Phi) is 3.81. The molecule has 104 valence electrons. The lowest BCUT2D eigenvalue weighted by Crippen LogP contribution is -2.27. The fourth-order valence-electron chi connectivity index (χ4n) is 2.31. The Morgan fingerprint density at radius 2 is 2.05 bits per heavy atom. The highest BCUT2D eigenvalue weighted by Gasteiger charge is 2.13. The van der Waals surface area contributed by atoms with Crippen molar-refractivity contribution in [2.24, 2.45) is 0 Å². The van der Waals surface area contributed by atoms with Crippen molar-refractivity contribution in [2.45, 2.75) is 25.9 Å². The van der Waals surface area contributed by atoms with Gasteiger partial charge in [-0.1, -0.05) is 18.2 Å². The van der Waals surface area contributed by atoms with E-state index in [4.69, 9.17) is 20.4 Å². The van der Waals surface area contributed by atoms with E-state index >= 15 is 0 Å². The van der Waals surface area contributed by atoms with Gasteiger partial charge in [0.25, 0.3) is 0 Å². The van der Waals surface area contributed by atoms with Crippen molar-refractivity contribution in [3.05, 3.63) is 59.2 Å². The fourth-order valence-corrected chi connectivity index (χ4v) is 2.56. The van der Waals surface area contributed by atoms with Crippen LogP contribution in [0.5, 0.6) is 0 Å². The fraction of sp³-hybridized carbons (Fsp3) is 0.250. The largest absolute Gasteiger partial charge is 0.469 e. The minimum absolute atomic E-state index is 0.297. The van der Waals surface area contributed by atoms with Crippen LogP contribution in [0.2, 0.25) is 5.22 Å². The highest BCUT2D eigenvalue weighted by Crippen LogP contribution is 2.29. The van der Waals surface area contributed by atoms with E-state index in [2.05, 4.69) is 12.2 Å². The number of halogens is 1. The van der Waals surface area contributed by atoms with Gasteiger partial charge in [-0.3, -0.25) is 0 Å². The number of furan rings is 2. The zero-order valence-electron chi connectivity index (χ0n) is 11.2. The van der Waals surface area contributed by atoms with E-state index in [1.807, 2.05) is 36.4 Å². The summed E-state index contributed by atoms with van der Waals surface area (Å²) in [5.74, 6) is 0.980. The summed E-state index contributed by atoms with van der Waals surface area (Å²) in [7, 11) is 0. The van der Waals surface area contributed by atoms with E-state index in [1.54, 1.807) is 6.26 Å². The van der Waals surface area contributed by atoms with Crippen LogP contribution < -0.4 is 5.32 Å². The highest BCUT2D eigenvalue weighted by molar-refractivity contribution is 6.30. The first-order valence-electron chi connectivity index (χ1n) is 6.65. The summed E-state index contributed by atoms with van der Waals surface area (Å²) < 4.78 is 10.9. The van der Waals surface area contributed by atoms with Crippen LogP contribution >= 0.6 is 11.6 Å². The summed E-state index contributed by atoms with van der Waals surface area (Å²) in [6, 6.07) is 12.1. The molecule has 3 rings (SSSR count). The number of nitrogens with one attached hydrogen (secondary N) is 1. The molecule has 1 N–H and O–H groups in total. The predicted octanol–water partition coefficient (Wildman–Crippen LogP) is 4.40. The monoisotopic (exact) mass is 289 g/mol. The molecule has 0 saturated heterocycles. The van der Waals surface area contributed by atoms with Gasteiger partial charge in [0.15, 0.2) is 5.22 Å². The molecule has 2 aromatic heterocycles. The Balaban J connectivity index is 1.69. The third-order valence-electron chi connectivity index (χ3n) is 3.36. The van der Waals surface area contributed by atoms with Crippen LogP contribution in [0, 0.1) is 0 Å². The van der Waals surface area contributed by atoms with Gasteiger partial charge in [-0.25, -0.2) is 0 Å². The summed E-state index contributed by atoms with van der Waals surface area (Å²) in [5, 5.41) is 4.98. The van der Waals surface area contributed by atoms with Crippen molar-refractivity contribution in [1.29, 1.82) is 0 Å². The molecular formula is C16H16ClNO2. The van der Waals surface area contributed by atoms with E-state index < -0.39 is 0 Å². The average Bonchev–Trinajstić information content (AvgIpc) is 3.03. The van der Waals surface area contributed by atoms with Crippen molar-refractivity contribution in [3.8, 4) is 0 Å². The summed E-state index contributed by atoms with van der Waals surface area (Å²) >= 11 is 6.17. The van der Waals surface area contributed by atoms with Gasteiger partial charge in [-0.15, -0.1) is 0 Å². The lowest BCUT2D eigenvalue weighted by atomic mass is 10.1.